The normalized spacial score (nSPS) is 10.6. The van der Waals surface area contributed by atoms with Gasteiger partial charge in [-0.1, -0.05) is 12.1 Å². The molecule has 2 aromatic rings. The van der Waals surface area contributed by atoms with Crippen molar-refractivity contribution in [3.05, 3.63) is 35.0 Å². The van der Waals surface area contributed by atoms with Crippen LogP contribution in [-0.4, -0.2) is 4.57 Å². The Morgan fingerprint density at radius 1 is 1.25 bits per heavy atom. The molecule has 0 unspecified atom stereocenters. The van der Waals surface area contributed by atoms with Crippen molar-refractivity contribution in [3.8, 4) is 6.07 Å². The van der Waals surface area contributed by atoms with E-state index in [0.29, 0.717) is 6.42 Å². The van der Waals surface area contributed by atoms with Crippen LogP contribution in [0.5, 0.6) is 0 Å². The number of rotatable bonds is 2. The number of nitriles is 1. The van der Waals surface area contributed by atoms with Crippen LogP contribution in [0.1, 0.15) is 23.1 Å². The highest BCUT2D eigenvalue weighted by molar-refractivity contribution is 5.89. The Bertz CT molecular complexity index is 570. The average molecular weight is 212 g/mol. The number of hydrogen-bond donors (Lipinski definition) is 0. The fourth-order valence-electron chi connectivity index (χ4n) is 2.40. The third kappa shape index (κ3) is 1.59. The van der Waals surface area contributed by atoms with Gasteiger partial charge >= 0.3 is 0 Å². The first kappa shape index (κ1) is 10.8. The van der Waals surface area contributed by atoms with Gasteiger partial charge in [0.25, 0.3) is 0 Å². The number of aryl methyl sites for hydroxylation is 4. The molecule has 0 aliphatic rings. The summed E-state index contributed by atoms with van der Waals surface area (Å²) in [6.07, 6.45) is 3.59. The zero-order valence-electron chi connectivity index (χ0n) is 10.0. The van der Waals surface area contributed by atoms with Crippen LogP contribution >= 0.6 is 0 Å². The molecule has 0 saturated heterocycles. The molecule has 0 amide bonds. The molecule has 2 nitrogen and oxygen atoms in total. The van der Waals surface area contributed by atoms with Crippen LogP contribution in [0, 0.1) is 25.2 Å². The molecule has 0 bridgehead atoms. The van der Waals surface area contributed by atoms with E-state index < -0.39 is 0 Å². The van der Waals surface area contributed by atoms with Gasteiger partial charge in [0, 0.05) is 25.1 Å². The number of fused-ring (bicyclic) bond motifs is 1. The van der Waals surface area contributed by atoms with E-state index in [4.69, 9.17) is 5.26 Å². The van der Waals surface area contributed by atoms with Gasteiger partial charge in [-0.15, -0.1) is 0 Å². The predicted octanol–water partition coefficient (Wildman–Crippen LogP) is 3.25. The van der Waals surface area contributed by atoms with E-state index in [2.05, 4.69) is 49.9 Å². The second-order valence-electron chi connectivity index (χ2n) is 4.35. The fraction of sp³-hybridized carbons (Fsp3) is 0.357. The molecule has 2 heteroatoms. The van der Waals surface area contributed by atoms with E-state index in [1.54, 1.807) is 0 Å². The Labute approximate surface area is 96.1 Å². The molecular formula is C14H16N2. The lowest BCUT2D eigenvalue weighted by atomic mass is 10.0. The van der Waals surface area contributed by atoms with Crippen LogP contribution in [0.25, 0.3) is 10.9 Å². The molecule has 0 spiro atoms. The quantitative estimate of drug-likeness (QED) is 0.751. The third-order valence-electron chi connectivity index (χ3n) is 3.12. The minimum Gasteiger partial charge on any atom is -0.350 e. The van der Waals surface area contributed by atoms with Crippen molar-refractivity contribution in [2.45, 2.75) is 26.7 Å². The van der Waals surface area contributed by atoms with E-state index >= 15 is 0 Å². The first-order valence-corrected chi connectivity index (χ1v) is 5.56. The lowest BCUT2D eigenvalue weighted by Gasteiger charge is -2.04. The Morgan fingerprint density at radius 3 is 2.62 bits per heavy atom. The van der Waals surface area contributed by atoms with Crippen molar-refractivity contribution >= 4 is 10.9 Å². The van der Waals surface area contributed by atoms with Crippen molar-refractivity contribution in [1.29, 1.82) is 5.26 Å². The minimum absolute atomic E-state index is 0.590. The maximum Gasteiger partial charge on any atom is 0.0625 e. The summed E-state index contributed by atoms with van der Waals surface area (Å²) in [5, 5.41) is 10.0. The van der Waals surface area contributed by atoms with Crippen LogP contribution in [0.4, 0.5) is 0 Å². The summed E-state index contributed by atoms with van der Waals surface area (Å²) in [6.45, 7) is 4.27. The van der Waals surface area contributed by atoms with E-state index in [9.17, 15) is 0 Å². The summed E-state index contributed by atoms with van der Waals surface area (Å²) in [7, 11) is 2.07. The van der Waals surface area contributed by atoms with Gasteiger partial charge in [0.1, 0.15) is 0 Å². The standard InChI is InChI=1S/C14H16N2/c1-10-6-7-11(2)14-13(10)12(5-4-8-15)9-16(14)3/h6-7,9H,4-5H2,1-3H3. The highest BCUT2D eigenvalue weighted by Gasteiger charge is 2.10. The number of hydrogen-bond acceptors (Lipinski definition) is 1. The van der Waals surface area contributed by atoms with Crippen molar-refractivity contribution in [2.75, 3.05) is 0 Å². The van der Waals surface area contributed by atoms with Crippen LogP contribution < -0.4 is 0 Å². The molecule has 1 aromatic carbocycles. The zero-order valence-corrected chi connectivity index (χ0v) is 10.0. The zero-order chi connectivity index (χ0) is 11.7. The topological polar surface area (TPSA) is 28.7 Å². The Hall–Kier alpha value is -1.75. The van der Waals surface area contributed by atoms with E-state index in [0.717, 1.165) is 6.42 Å². The Balaban J connectivity index is 2.69. The number of aromatic nitrogens is 1. The highest BCUT2D eigenvalue weighted by Crippen LogP contribution is 2.27. The predicted molar refractivity (Wildman–Crippen MR) is 66.3 cm³/mol. The molecule has 1 heterocycles. The molecule has 0 fully saturated rings. The van der Waals surface area contributed by atoms with Gasteiger partial charge in [-0.3, -0.25) is 0 Å². The number of nitrogens with zero attached hydrogens (tertiary/aromatic N) is 2. The molecule has 0 atom stereocenters. The summed E-state index contributed by atoms with van der Waals surface area (Å²) in [4.78, 5) is 0. The molecule has 1 aromatic heterocycles. The summed E-state index contributed by atoms with van der Waals surface area (Å²) in [5.74, 6) is 0. The van der Waals surface area contributed by atoms with Gasteiger partial charge in [0.05, 0.1) is 11.6 Å². The first-order chi connectivity index (χ1) is 7.65. The first-order valence-electron chi connectivity index (χ1n) is 5.56. The Kier molecular flexibility index (Phi) is 2.70. The Morgan fingerprint density at radius 2 is 1.94 bits per heavy atom. The van der Waals surface area contributed by atoms with Crippen molar-refractivity contribution < 1.29 is 0 Å². The highest BCUT2D eigenvalue weighted by atomic mass is 14.9. The molecule has 0 radical (unpaired) electrons. The second-order valence-corrected chi connectivity index (χ2v) is 4.35. The molecular weight excluding hydrogens is 196 g/mol. The smallest absolute Gasteiger partial charge is 0.0625 e. The minimum atomic E-state index is 0.590. The average Bonchev–Trinajstić information content (AvgIpc) is 2.59. The molecule has 0 aliphatic heterocycles. The summed E-state index contributed by atoms with van der Waals surface area (Å²) in [5.41, 5.74) is 5.19. The lowest BCUT2D eigenvalue weighted by molar-refractivity contribution is 0.937. The summed E-state index contributed by atoms with van der Waals surface area (Å²) >= 11 is 0. The fourth-order valence-corrected chi connectivity index (χ4v) is 2.40. The van der Waals surface area contributed by atoms with Crippen LogP contribution in [0.15, 0.2) is 18.3 Å². The van der Waals surface area contributed by atoms with Gasteiger partial charge < -0.3 is 4.57 Å². The van der Waals surface area contributed by atoms with E-state index in [1.807, 2.05) is 0 Å². The molecule has 82 valence electrons. The van der Waals surface area contributed by atoms with Crippen LogP contribution in [0.2, 0.25) is 0 Å². The van der Waals surface area contributed by atoms with Gasteiger partial charge in [0.15, 0.2) is 0 Å². The van der Waals surface area contributed by atoms with E-state index in [-0.39, 0.29) is 0 Å². The maximum absolute atomic E-state index is 8.67. The van der Waals surface area contributed by atoms with Gasteiger partial charge in [0.2, 0.25) is 0 Å². The van der Waals surface area contributed by atoms with Gasteiger partial charge in [-0.25, -0.2) is 0 Å². The van der Waals surface area contributed by atoms with Crippen LogP contribution in [0.3, 0.4) is 0 Å². The van der Waals surface area contributed by atoms with Gasteiger partial charge in [-0.05, 0) is 37.0 Å². The molecule has 16 heavy (non-hydrogen) atoms. The maximum atomic E-state index is 8.67. The summed E-state index contributed by atoms with van der Waals surface area (Å²) in [6, 6.07) is 6.53. The lowest BCUT2D eigenvalue weighted by Crippen LogP contribution is -1.88. The summed E-state index contributed by atoms with van der Waals surface area (Å²) < 4.78 is 2.17. The van der Waals surface area contributed by atoms with Gasteiger partial charge in [-0.2, -0.15) is 5.26 Å². The monoisotopic (exact) mass is 212 g/mol. The largest absolute Gasteiger partial charge is 0.350 e. The third-order valence-corrected chi connectivity index (χ3v) is 3.12. The molecule has 2 rings (SSSR count). The SMILES string of the molecule is Cc1ccc(C)c2c1c(CCC#N)cn2C. The second kappa shape index (κ2) is 4.02. The number of benzene rings is 1. The van der Waals surface area contributed by atoms with Crippen molar-refractivity contribution in [1.82, 2.24) is 4.57 Å². The molecule has 0 N–H and O–H groups in total. The van der Waals surface area contributed by atoms with Crippen molar-refractivity contribution in [3.63, 3.8) is 0 Å². The molecule has 0 aliphatic carbocycles. The van der Waals surface area contributed by atoms with E-state index in [1.165, 1.54) is 27.6 Å². The van der Waals surface area contributed by atoms with Crippen LogP contribution in [-0.2, 0) is 13.5 Å². The van der Waals surface area contributed by atoms with Crippen molar-refractivity contribution in [2.24, 2.45) is 7.05 Å². The molecule has 0 saturated carbocycles.